The highest BCUT2D eigenvalue weighted by Gasteiger charge is 2.18. The standard InChI is InChI=1S/C14H17ClFN3/c1-9-11(8-18-19(9)3)13(17-2)7-10-5-4-6-12(15)14(10)16/h4-6,8,13,17H,7H2,1-3H3. The Labute approximate surface area is 117 Å². The third kappa shape index (κ3) is 2.80. The minimum absolute atomic E-state index is 0.0154. The van der Waals surface area contributed by atoms with E-state index in [9.17, 15) is 4.39 Å². The highest BCUT2D eigenvalue weighted by molar-refractivity contribution is 6.30. The Morgan fingerprint density at radius 3 is 2.79 bits per heavy atom. The summed E-state index contributed by atoms with van der Waals surface area (Å²) in [6, 6.07) is 5.10. The van der Waals surface area contributed by atoms with Crippen molar-refractivity contribution in [2.75, 3.05) is 7.05 Å². The van der Waals surface area contributed by atoms with Gasteiger partial charge in [0, 0.05) is 24.3 Å². The van der Waals surface area contributed by atoms with Gasteiger partial charge in [-0.15, -0.1) is 0 Å². The Morgan fingerprint density at radius 1 is 1.47 bits per heavy atom. The molecule has 0 saturated heterocycles. The van der Waals surface area contributed by atoms with Crippen molar-refractivity contribution in [3.8, 4) is 0 Å². The van der Waals surface area contributed by atoms with E-state index in [0.717, 1.165) is 11.3 Å². The molecule has 1 heterocycles. The number of hydrogen-bond donors (Lipinski definition) is 1. The molecule has 0 aliphatic carbocycles. The molecule has 1 N–H and O–H groups in total. The van der Waals surface area contributed by atoms with Crippen molar-refractivity contribution in [1.82, 2.24) is 15.1 Å². The summed E-state index contributed by atoms with van der Waals surface area (Å²) in [7, 11) is 3.76. The van der Waals surface area contributed by atoms with Crippen LogP contribution in [0.2, 0.25) is 5.02 Å². The molecule has 0 aliphatic heterocycles. The molecule has 19 heavy (non-hydrogen) atoms. The van der Waals surface area contributed by atoms with Crippen molar-refractivity contribution >= 4 is 11.6 Å². The van der Waals surface area contributed by atoms with Crippen LogP contribution in [-0.2, 0) is 13.5 Å². The van der Waals surface area contributed by atoms with Gasteiger partial charge in [0.25, 0.3) is 0 Å². The highest BCUT2D eigenvalue weighted by Crippen LogP contribution is 2.25. The van der Waals surface area contributed by atoms with Gasteiger partial charge in [-0.1, -0.05) is 23.7 Å². The SMILES string of the molecule is CNC(Cc1cccc(Cl)c1F)c1cnn(C)c1C. The summed E-state index contributed by atoms with van der Waals surface area (Å²) in [5, 5.41) is 7.59. The molecule has 1 aromatic carbocycles. The lowest BCUT2D eigenvalue weighted by molar-refractivity contribution is 0.552. The maximum atomic E-state index is 13.9. The lowest BCUT2D eigenvalue weighted by Crippen LogP contribution is -2.20. The maximum Gasteiger partial charge on any atom is 0.145 e. The summed E-state index contributed by atoms with van der Waals surface area (Å²) in [5.74, 6) is -0.342. The second kappa shape index (κ2) is 5.72. The van der Waals surface area contributed by atoms with Crippen molar-refractivity contribution in [3.63, 3.8) is 0 Å². The fraction of sp³-hybridized carbons (Fsp3) is 0.357. The molecule has 1 unspecified atom stereocenters. The molecule has 1 atom stereocenters. The van der Waals surface area contributed by atoms with Crippen LogP contribution in [0.4, 0.5) is 4.39 Å². The third-order valence-electron chi connectivity index (χ3n) is 3.45. The summed E-state index contributed by atoms with van der Waals surface area (Å²) < 4.78 is 15.8. The zero-order valence-electron chi connectivity index (χ0n) is 11.2. The molecule has 1 aromatic heterocycles. The maximum absolute atomic E-state index is 13.9. The number of hydrogen-bond acceptors (Lipinski definition) is 2. The monoisotopic (exact) mass is 281 g/mol. The molecule has 0 fully saturated rings. The lowest BCUT2D eigenvalue weighted by atomic mass is 9.99. The van der Waals surface area contributed by atoms with Crippen molar-refractivity contribution in [1.29, 1.82) is 0 Å². The second-order valence-electron chi connectivity index (χ2n) is 4.57. The minimum atomic E-state index is -0.342. The predicted molar refractivity (Wildman–Crippen MR) is 74.9 cm³/mol. The molecular formula is C14H17ClFN3. The molecule has 2 aromatic rings. The average molecular weight is 282 g/mol. The first-order valence-electron chi connectivity index (χ1n) is 6.13. The van der Waals surface area contributed by atoms with Gasteiger partial charge in [0.15, 0.2) is 0 Å². The van der Waals surface area contributed by atoms with Gasteiger partial charge in [-0.3, -0.25) is 4.68 Å². The Kier molecular flexibility index (Phi) is 4.22. The summed E-state index contributed by atoms with van der Waals surface area (Å²) in [5.41, 5.74) is 2.75. The van der Waals surface area contributed by atoms with Crippen LogP contribution in [0.1, 0.15) is 22.9 Å². The van der Waals surface area contributed by atoms with Gasteiger partial charge in [-0.25, -0.2) is 4.39 Å². The number of benzene rings is 1. The molecule has 0 spiro atoms. The van der Waals surface area contributed by atoms with Gasteiger partial charge < -0.3 is 5.32 Å². The number of likely N-dealkylation sites (N-methyl/N-ethyl adjacent to an activating group) is 1. The molecule has 0 amide bonds. The zero-order valence-corrected chi connectivity index (χ0v) is 12.0. The molecule has 0 bridgehead atoms. The number of nitrogens with one attached hydrogen (secondary N) is 1. The van der Waals surface area contributed by atoms with E-state index >= 15 is 0 Å². The Bertz CT molecular complexity index is 580. The van der Waals surface area contributed by atoms with E-state index in [2.05, 4.69) is 10.4 Å². The zero-order chi connectivity index (χ0) is 14.0. The number of aromatic nitrogens is 2. The van der Waals surface area contributed by atoms with Crippen molar-refractivity contribution in [3.05, 3.63) is 52.1 Å². The van der Waals surface area contributed by atoms with Crippen molar-refractivity contribution in [2.45, 2.75) is 19.4 Å². The summed E-state index contributed by atoms with van der Waals surface area (Å²) in [4.78, 5) is 0. The van der Waals surface area contributed by atoms with Crippen LogP contribution in [0, 0.1) is 12.7 Å². The van der Waals surface area contributed by atoms with Crippen molar-refractivity contribution in [2.24, 2.45) is 7.05 Å². The molecule has 3 nitrogen and oxygen atoms in total. The van der Waals surface area contributed by atoms with E-state index in [4.69, 9.17) is 11.6 Å². The highest BCUT2D eigenvalue weighted by atomic mass is 35.5. The van der Waals surface area contributed by atoms with E-state index in [-0.39, 0.29) is 16.9 Å². The van der Waals surface area contributed by atoms with Crippen molar-refractivity contribution < 1.29 is 4.39 Å². The van der Waals surface area contributed by atoms with Crippen LogP contribution in [-0.4, -0.2) is 16.8 Å². The number of aryl methyl sites for hydroxylation is 1. The molecule has 0 radical (unpaired) electrons. The Morgan fingerprint density at radius 2 is 2.21 bits per heavy atom. The Hall–Kier alpha value is -1.39. The Balaban J connectivity index is 2.29. The van der Waals surface area contributed by atoms with Gasteiger partial charge >= 0.3 is 0 Å². The quantitative estimate of drug-likeness (QED) is 0.934. The molecular weight excluding hydrogens is 265 g/mol. The van der Waals surface area contributed by atoms with Crippen LogP contribution in [0.5, 0.6) is 0 Å². The minimum Gasteiger partial charge on any atom is -0.313 e. The molecule has 2 rings (SSSR count). The first-order valence-corrected chi connectivity index (χ1v) is 6.51. The first kappa shape index (κ1) is 14.0. The molecule has 5 heteroatoms. The smallest absolute Gasteiger partial charge is 0.145 e. The lowest BCUT2D eigenvalue weighted by Gasteiger charge is -2.17. The fourth-order valence-corrected chi connectivity index (χ4v) is 2.35. The van der Waals surface area contributed by atoms with E-state index in [1.165, 1.54) is 0 Å². The van der Waals surface area contributed by atoms with Crippen LogP contribution >= 0.6 is 11.6 Å². The molecule has 102 valence electrons. The van der Waals surface area contributed by atoms with Gasteiger partial charge in [0.05, 0.1) is 11.2 Å². The van der Waals surface area contributed by atoms with Gasteiger partial charge in [0.2, 0.25) is 0 Å². The largest absolute Gasteiger partial charge is 0.313 e. The van der Waals surface area contributed by atoms with Gasteiger partial charge in [-0.2, -0.15) is 5.10 Å². The number of nitrogens with zero attached hydrogens (tertiary/aromatic N) is 2. The fourth-order valence-electron chi connectivity index (χ4n) is 2.15. The van der Waals surface area contributed by atoms with Gasteiger partial charge in [0.1, 0.15) is 5.82 Å². The van der Waals surface area contributed by atoms with E-state index in [1.54, 1.807) is 18.2 Å². The number of halogens is 2. The van der Waals surface area contributed by atoms with Gasteiger partial charge in [-0.05, 0) is 32.0 Å². The molecule has 0 saturated carbocycles. The summed E-state index contributed by atoms with van der Waals surface area (Å²) in [6.45, 7) is 2.00. The normalized spacial score (nSPS) is 12.7. The average Bonchev–Trinajstić information content (AvgIpc) is 2.72. The molecule has 0 aliphatic rings. The second-order valence-corrected chi connectivity index (χ2v) is 4.97. The summed E-state index contributed by atoms with van der Waals surface area (Å²) in [6.07, 6.45) is 2.36. The van der Waals surface area contributed by atoms with E-state index in [0.29, 0.717) is 12.0 Å². The van der Waals surface area contributed by atoms with Crippen LogP contribution < -0.4 is 5.32 Å². The summed E-state index contributed by atoms with van der Waals surface area (Å²) >= 11 is 5.81. The predicted octanol–water partition coefficient (Wildman–Crippen LogP) is 3.02. The third-order valence-corrected chi connectivity index (χ3v) is 3.74. The first-order chi connectivity index (χ1) is 9.04. The van der Waals surface area contributed by atoms with Crippen LogP contribution in [0.25, 0.3) is 0 Å². The van der Waals surface area contributed by atoms with Crippen LogP contribution in [0.3, 0.4) is 0 Å². The van der Waals surface area contributed by atoms with Crippen LogP contribution in [0.15, 0.2) is 24.4 Å². The topological polar surface area (TPSA) is 29.9 Å². The van der Waals surface area contributed by atoms with E-state index in [1.807, 2.05) is 31.9 Å². The number of rotatable bonds is 4. The van der Waals surface area contributed by atoms with E-state index < -0.39 is 0 Å².